The van der Waals surface area contributed by atoms with E-state index in [0.29, 0.717) is 0 Å². The maximum absolute atomic E-state index is 11.6. The van der Waals surface area contributed by atoms with Crippen molar-refractivity contribution in [3.8, 4) is 0 Å². The summed E-state index contributed by atoms with van der Waals surface area (Å²) in [5.41, 5.74) is 5.43. The van der Waals surface area contributed by atoms with Gasteiger partial charge >= 0.3 is 18.3 Å². The van der Waals surface area contributed by atoms with Crippen LogP contribution < -0.4 is 5.73 Å². The van der Waals surface area contributed by atoms with Crippen molar-refractivity contribution in [2.45, 2.75) is 19.1 Å². The monoisotopic (exact) mass is 391 g/mol. The SMILES string of the molecule is CC1CN(C(=O)O)CCN(C(=O)O)CCN(CC(O)CN)CCN1C(=O)O. The van der Waals surface area contributed by atoms with Crippen LogP contribution in [0.15, 0.2) is 0 Å². The minimum Gasteiger partial charge on any atom is -0.465 e. The molecule has 1 aliphatic rings. The van der Waals surface area contributed by atoms with Gasteiger partial charge in [-0.1, -0.05) is 0 Å². The fourth-order valence-electron chi connectivity index (χ4n) is 2.91. The molecule has 27 heavy (non-hydrogen) atoms. The summed E-state index contributed by atoms with van der Waals surface area (Å²) in [4.78, 5) is 39.5. The van der Waals surface area contributed by atoms with Crippen molar-refractivity contribution in [1.82, 2.24) is 19.6 Å². The number of carbonyl (C=O) groups is 3. The normalized spacial score (nSPS) is 21.9. The van der Waals surface area contributed by atoms with Crippen LogP contribution in [-0.4, -0.2) is 129 Å². The number of nitrogens with zero attached hydrogens (tertiary/aromatic N) is 4. The molecule has 12 heteroatoms. The van der Waals surface area contributed by atoms with E-state index in [9.17, 15) is 34.8 Å². The molecule has 1 fully saturated rings. The lowest BCUT2D eigenvalue weighted by molar-refractivity contribution is 0.0699. The standard InChI is InChI=1S/C15H29N5O7/c1-11-9-19(14(24)25)6-5-18(13(22)23)4-2-17(10-12(21)8-16)3-7-20(11)15(26)27/h11-12,21H,2-10,16H2,1H3,(H,22,23)(H,24,25)(H,26,27). The molecule has 1 saturated heterocycles. The molecule has 1 heterocycles. The molecule has 0 aromatic carbocycles. The summed E-state index contributed by atoms with van der Waals surface area (Å²) in [6.07, 6.45) is -4.38. The highest BCUT2D eigenvalue weighted by atomic mass is 16.4. The van der Waals surface area contributed by atoms with Crippen molar-refractivity contribution >= 4 is 18.3 Å². The number of hydrogen-bond donors (Lipinski definition) is 5. The summed E-state index contributed by atoms with van der Waals surface area (Å²) in [5, 5.41) is 37.9. The summed E-state index contributed by atoms with van der Waals surface area (Å²) in [5.74, 6) is 0. The highest BCUT2D eigenvalue weighted by Gasteiger charge is 2.27. The van der Waals surface area contributed by atoms with Gasteiger partial charge in [0.25, 0.3) is 0 Å². The molecule has 0 spiro atoms. The molecule has 12 nitrogen and oxygen atoms in total. The number of rotatable bonds is 3. The van der Waals surface area contributed by atoms with E-state index in [1.807, 2.05) is 0 Å². The molecule has 0 aliphatic carbocycles. The molecule has 3 amide bonds. The van der Waals surface area contributed by atoms with Crippen LogP contribution in [-0.2, 0) is 0 Å². The number of aliphatic hydroxyl groups excluding tert-OH is 1. The molecule has 0 aromatic rings. The second kappa shape index (κ2) is 10.7. The van der Waals surface area contributed by atoms with Crippen LogP contribution in [0.3, 0.4) is 0 Å². The molecule has 6 N–H and O–H groups in total. The molecule has 0 radical (unpaired) electrons. The van der Waals surface area contributed by atoms with Crippen LogP contribution in [0.4, 0.5) is 14.4 Å². The van der Waals surface area contributed by atoms with Crippen molar-refractivity contribution < 1.29 is 34.8 Å². The second-order valence-corrected chi connectivity index (χ2v) is 6.51. The Morgan fingerprint density at radius 1 is 0.926 bits per heavy atom. The van der Waals surface area contributed by atoms with Gasteiger partial charge in [0, 0.05) is 64.9 Å². The van der Waals surface area contributed by atoms with Crippen molar-refractivity contribution in [1.29, 1.82) is 0 Å². The maximum Gasteiger partial charge on any atom is 0.407 e. The molecular weight excluding hydrogens is 362 g/mol. The summed E-state index contributed by atoms with van der Waals surface area (Å²) < 4.78 is 0. The van der Waals surface area contributed by atoms with Crippen LogP contribution in [0.1, 0.15) is 6.92 Å². The van der Waals surface area contributed by atoms with Crippen LogP contribution in [0, 0.1) is 0 Å². The Kier molecular flexibility index (Phi) is 9.05. The van der Waals surface area contributed by atoms with Crippen LogP contribution in [0.2, 0.25) is 0 Å². The predicted octanol–water partition coefficient (Wildman–Crippen LogP) is -1.05. The third-order valence-electron chi connectivity index (χ3n) is 4.53. The highest BCUT2D eigenvalue weighted by Crippen LogP contribution is 2.07. The highest BCUT2D eigenvalue weighted by molar-refractivity contribution is 5.67. The van der Waals surface area contributed by atoms with E-state index in [1.54, 1.807) is 11.8 Å². The zero-order chi connectivity index (χ0) is 20.6. The number of β-amino-alcohol motifs (C(OH)–C–C–N with tert-alkyl or cyclic N) is 1. The van der Waals surface area contributed by atoms with Gasteiger partial charge in [0.2, 0.25) is 0 Å². The van der Waals surface area contributed by atoms with Gasteiger partial charge in [0.15, 0.2) is 0 Å². The van der Waals surface area contributed by atoms with Gasteiger partial charge < -0.3 is 40.9 Å². The minimum absolute atomic E-state index is 0.0330. The Hall–Kier alpha value is -2.31. The van der Waals surface area contributed by atoms with E-state index in [1.165, 1.54) is 0 Å². The van der Waals surface area contributed by atoms with Crippen molar-refractivity contribution in [3.05, 3.63) is 0 Å². The Balaban J connectivity index is 3.00. The molecule has 156 valence electrons. The summed E-state index contributed by atoms with van der Waals surface area (Å²) in [6.45, 7) is 2.37. The zero-order valence-electron chi connectivity index (χ0n) is 15.4. The van der Waals surface area contributed by atoms with Gasteiger partial charge in [-0.25, -0.2) is 14.4 Å². The van der Waals surface area contributed by atoms with E-state index in [-0.39, 0.29) is 58.9 Å². The average Bonchev–Trinajstić information content (AvgIpc) is 2.57. The largest absolute Gasteiger partial charge is 0.465 e. The van der Waals surface area contributed by atoms with Gasteiger partial charge in [0.05, 0.1) is 6.10 Å². The van der Waals surface area contributed by atoms with Crippen LogP contribution >= 0.6 is 0 Å². The lowest BCUT2D eigenvalue weighted by Crippen LogP contribution is -2.53. The number of hydrogen-bond acceptors (Lipinski definition) is 6. The Labute approximate surface area is 157 Å². The third kappa shape index (κ3) is 7.45. The molecule has 1 rings (SSSR count). The van der Waals surface area contributed by atoms with E-state index in [0.717, 1.165) is 14.7 Å². The minimum atomic E-state index is -1.23. The smallest absolute Gasteiger partial charge is 0.407 e. The first kappa shape index (κ1) is 22.7. The molecule has 0 aromatic heterocycles. The lowest BCUT2D eigenvalue weighted by atomic mass is 10.2. The lowest BCUT2D eigenvalue weighted by Gasteiger charge is -2.35. The fraction of sp³-hybridized carbons (Fsp3) is 0.800. The van der Waals surface area contributed by atoms with Gasteiger partial charge in [0.1, 0.15) is 0 Å². The first-order chi connectivity index (χ1) is 12.6. The summed E-state index contributed by atoms with van der Waals surface area (Å²) >= 11 is 0. The summed E-state index contributed by atoms with van der Waals surface area (Å²) in [6, 6.07) is -0.613. The maximum atomic E-state index is 11.6. The van der Waals surface area contributed by atoms with Crippen LogP contribution in [0.5, 0.6) is 0 Å². The van der Waals surface area contributed by atoms with Crippen molar-refractivity contribution in [2.24, 2.45) is 5.73 Å². The first-order valence-electron chi connectivity index (χ1n) is 8.71. The Bertz CT molecular complexity index is 521. The average molecular weight is 391 g/mol. The predicted molar refractivity (Wildman–Crippen MR) is 94.9 cm³/mol. The van der Waals surface area contributed by atoms with Gasteiger partial charge in [-0.05, 0) is 6.92 Å². The molecule has 2 atom stereocenters. The molecule has 2 unspecified atom stereocenters. The van der Waals surface area contributed by atoms with Gasteiger partial charge in [-0.2, -0.15) is 0 Å². The van der Waals surface area contributed by atoms with E-state index < -0.39 is 30.4 Å². The second-order valence-electron chi connectivity index (χ2n) is 6.51. The molecule has 0 saturated carbocycles. The Morgan fingerprint density at radius 3 is 1.96 bits per heavy atom. The third-order valence-corrected chi connectivity index (χ3v) is 4.53. The van der Waals surface area contributed by atoms with Crippen LogP contribution in [0.25, 0.3) is 0 Å². The zero-order valence-corrected chi connectivity index (χ0v) is 15.4. The number of amides is 3. The molecule has 0 bridgehead atoms. The summed E-state index contributed by atoms with van der Waals surface area (Å²) in [7, 11) is 0. The number of carboxylic acid groups (broad SMARTS) is 3. The van der Waals surface area contributed by atoms with Crippen molar-refractivity contribution in [2.75, 3.05) is 58.9 Å². The van der Waals surface area contributed by atoms with E-state index >= 15 is 0 Å². The first-order valence-corrected chi connectivity index (χ1v) is 8.71. The van der Waals surface area contributed by atoms with E-state index in [4.69, 9.17) is 5.73 Å². The number of nitrogens with two attached hydrogens (primary N) is 1. The van der Waals surface area contributed by atoms with Gasteiger partial charge in [-0.15, -0.1) is 0 Å². The molecule has 1 aliphatic heterocycles. The quantitative estimate of drug-likeness (QED) is 0.402. The Morgan fingerprint density at radius 2 is 1.44 bits per heavy atom. The van der Waals surface area contributed by atoms with E-state index in [2.05, 4.69) is 0 Å². The fourth-order valence-corrected chi connectivity index (χ4v) is 2.91. The topological polar surface area (TPSA) is 171 Å². The number of aliphatic hydroxyl groups is 1. The molecular formula is C15H29N5O7. The van der Waals surface area contributed by atoms with Crippen molar-refractivity contribution in [3.63, 3.8) is 0 Å². The van der Waals surface area contributed by atoms with Gasteiger partial charge in [-0.3, -0.25) is 4.90 Å².